The molecular weight excluding hydrogens is 216 g/mol. The molecule has 0 spiro atoms. The van der Waals surface area contributed by atoms with E-state index in [4.69, 9.17) is 4.74 Å². The number of hydrogen-bond donors (Lipinski definition) is 0. The molecule has 0 aliphatic heterocycles. The minimum atomic E-state index is 0.818. The first-order valence-corrected chi connectivity index (χ1v) is 7.09. The number of thioether (sulfide) groups is 1. The quantitative estimate of drug-likeness (QED) is 0.418. The lowest BCUT2D eigenvalue weighted by atomic mass is 10.4. The molecule has 0 saturated heterocycles. The van der Waals surface area contributed by atoms with E-state index < -0.39 is 0 Å². The van der Waals surface area contributed by atoms with E-state index in [9.17, 15) is 0 Å². The zero-order valence-corrected chi connectivity index (χ0v) is 12.3. The summed E-state index contributed by atoms with van der Waals surface area (Å²) in [6.07, 6.45) is 4.93. The summed E-state index contributed by atoms with van der Waals surface area (Å²) in [4.78, 5) is 1.23. The van der Waals surface area contributed by atoms with Crippen LogP contribution in [0, 0.1) is 0 Å². The predicted octanol–water partition coefficient (Wildman–Crippen LogP) is 5.39. The molecule has 0 aliphatic carbocycles. The second-order valence-electron chi connectivity index (χ2n) is 3.81. The van der Waals surface area contributed by atoms with Gasteiger partial charge in [0.05, 0.1) is 12.4 Å². The Morgan fingerprint density at radius 2 is 1.62 bits per heavy atom. The smallest absolute Gasteiger partial charge is 0.0876 e. The third-order valence-corrected chi connectivity index (χ3v) is 2.68. The number of hydrogen-bond acceptors (Lipinski definition) is 2. The monoisotopic (exact) mass is 244 g/mol. The van der Waals surface area contributed by atoms with Crippen LogP contribution in [0.25, 0.3) is 0 Å². The average molecular weight is 244 g/mol. The van der Waals surface area contributed by atoms with E-state index in [1.165, 1.54) is 29.9 Å². The Labute approximate surface area is 106 Å². The summed E-state index contributed by atoms with van der Waals surface area (Å²) in [6, 6.07) is 0. The van der Waals surface area contributed by atoms with Crippen molar-refractivity contribution in [2.45, 2.75) is 53.4 Å². The molecule has 0 aliphatic rings. The van der Waals surface area contributed by atoms with E-state index in [-0.39, 0.29) is 0 Å². The first-order chi connectivity index (χ1) is 7.54. The molecule has 0 heterocycles. The van der Waals surface area contributed by atoms with Crippen LogP contribution >= 0.6 is 11.8 Å². The Kier molecular flexibility index (Phi) is 16.5. The highest BCUT2D eigenvalue weighted by atomic mass is 32.2. The Morgan fingerprint density at radius 3 is 2.00 bits per heavy atom. The van der Waals surface area contributed by atoms with Gasteiger partial charge in [0, 0.05) is 0 Å². The van der Waals surface area contributed by atoms with E-state index in [2.05, 4.69) is 33.9 Å². The molecular formula is C14H28OS. The van der Waals surface area contributed by atoms with Crippen LogP contribution in [-0.4, -0.2) is 12.4 Å². The third-order valence-electron chi connectivity index (χ3n) is 1.69. The van der Waals surface area contributed by atoms with E-state index >= 15 is 0 Å². The largest absolute Gasteiger partial charge is 0.499 e. The van der Waals surface area contributed by atoms with Crippen LogP contribution in [0.2, 0.25) is 0 Å². The maximum absolute atomic E-state index is 5.09. The van der Waals surface area contributed by atoms with E-state index in [0.717, 1.165) is 18.8 Å². The van der Waals surface area contributed by atoms with Gasteiger partial charge in [-0.1, -0.05) is 39.8 Å². The van der Waals surface area contributed by atoms with Crippen LogP contribution in [0.3, 0.4) is 0 Å². The normalized spacial score (nSPS) is 9.00. The molecule has 0 aromatic rings. The van der Waals surface area contributed by atoms with E-state index in [0.29, 0.717) is 0 Å². The summed E-state index contributed by atoms with van der Waals surface area (Å²) in [5.74, 6) is 2.06. The lowest BCUT2D eigenvalue weighted by Crippen LogP contribution is -1.88. The van der Waals surface area contributed by atoms with Crippen molar-refractivity contribution in [2.75, 3.05) is 12.4 Å². The van der Waals surface area contributed by atoms with Gasteiger partial charge in [-0.25, -0.2) is 0 Å². The Bertz CT molecular complexity index is 156. The van der Waals surface area contributed by atoms with Crippen LogP contribution < -0.4 is 0 Å². The Hall–Kier alpha value is -0.370. The molecule has 0 aromatic heterocycles. The van der Waals surface area contributed by atoms with Gasteiger partial charge in [-0.15, -0.1) is 11.8 Å². The summed E-state index contributed by atoms with van der Waals surface area (Å²) in [5.41, 5.74) is 0. The fourth-order valence-corrected chi connectivity index (χ4v) is 1.56. The van der Waals surface area contributed by atoms with Gasteiger partial charge >= 0.3 is 0 Å². The minimum Gasteiger partial charge on any atom is -0.499 e. The fraction of sp³-hybridized carbons (Fsp3) is 0.714. The van der Waals surface area contributed by atoms with Crippen LogP contribution in [0.15, 0.2) is 23.8 Å². The number of unbranched alkanes of at least 4 members (excludes halogenated alkanes) is 2. The molecule has 96 valence electrons. The van der Waals surface area contributed by atoms with Crippen molar-refractivity contribution in [3.63, 3.8) is 0 Å². The molecule has 0 rings (SSSR count). The van der Waals surface area contributed by atoms with Crippen LogP contribution in [0.5, 0.6) is 0 Å². The molecule has 0 unspecified atom stereocenters. The summed E-state index contributed by atoms with van der Waals surface area (Å²) in [7, 11) is 0. The molecule has 16 heavy (non-hydrogen) atoms. The predicted molar refractivity (Wildman–Crippen MR) is 77.9 cm³/mol. The van der Waals surface area contributed by atoms with Crippen molar-refractivity contribution >= 4 is 11.8 Å². The second kappa shape index (κ2) is 14.6. The van der Waals surface area contributed by atoms with Gasteiger partial charge in [0.15, 0.2) is 0 Å². The molecule has 0 aromatic carbocycles. The van der Waals surface area contributed by atoms with Gasteiger partial charge in [0.1, 0.15) is 0 Å². The van der Waals surface area contributed by atoms with E-state index in [1.807, 2.05) is 18.7 Å². The second-order valence-corrected chi connectivity index (χ2v) is 5.20. The van der Waals surface area contributed by atoms with Gasteiger partial charge in [0.25, 0.3) is 0 Å². The molecule has 1 nitrogen and oxygen atoms in total. The number of allylic oxidation sites excluding steroid dienone is 2. The van der Waals surface area contributed by atoms with Gasteiger partial charge in [-0.05, 0) is 37.3 Å². The molecule has 0 amide bonds. The van der Waals surface area contributed by atoms with Crippen LogP contribution in [0.1, 0.15) is 53.4 Å². The minimum absolute atomic E-state index is 0.818. The molecule has 0 atom stereocenters. The maximum atomic E-state index is 5.09. The molecule has 0 radical (unpaired) electrons. The fourth-order valence-electron chi connectivity index (χ4n) is 0.781. The van der Waals surface area contributed by atoms with Crippen molar-refractivity contribution in [1.29, 1.82) is 0 Å². The van der Waals surface area contributed by atoms with Crippen molar-refractivity contribution in [1.82, 2.24) is 0 Å². The van der Waals surface area contributed by atoms with Crippen molar-refractivity contribution in [3.8, 4) is 0 Å². The van der Waals surface area contributed by atoms with Crippen LogP contribution in [-0.2, 0) is 4.74 Å². The van der Waals surface area contributed by atoms with Gasteiger partial charge in [-0.2, -0.15) is 0 Å². The zero-order valence-electron chi connectivity index (χ0n) is 11.5. The van der Waals surface area contributed by atoms with E-state index in [1.54, 1.807) is 0 Å². The molecule has 2 heteroatoms. The van der Waals surface area contributed by atoms with Crippen molar-refractivity contribution in [3.05, 3.63) is 23.8 Å². The lowest BCUT2D eigenvalue weighted by Gasteiger charge is -2.01. The van der Waals surface area contributed by atoms with Gasteiger partial charge < -0.3 is 4.74 Å². The molecule has 0 bridgehead atoms. The average Bonchev–Trinajstić information content (AvgIpc) is 2.18. The highest BCUT2D eigenvalue weighted by molar-refractivity contribution is 8.03. The third kappa shape index (κ3) is 23.4. The molecule has 0 N–H and O–H groups in total. The molecule has 0 fully saturated rings. The highest BCUT2D eigenvalue weighted by Gasteiger charge is 1.84. The lowest BCUT2D eigenvalue weighted by molar-refractivity contribution is 0.211. The first kappa shape index (κ1) is 18.0. The Balaban J connectivity index is 0. The Morgan fingerprint density at radius 1 is 1.06 bits per heavy atom. The molecule has 0 saturated carbocycles. The van der Waals surface area contributed by atoms with Gasteiger partial charge in [0.2, 0.25) is 0 Å². The van der Waals surface area contributed by atoms with Crippen molar-refractivity contribution < 1.29 is 4.74 Å². The van der Waals surface area contributed by atoms with Gasteiger partial charge in [-0.3, -0.25) is 0 Å². The summed E-state index contributed by atoms with van der Waals surface area (Å²) in [6.45, 7) is 16.5. The van der Waals surface area contributed by atoms with Crippen LogP contribution in [0.4, 0.5) is 0 Å². The van der Waals surface area contributed by atoms with Crippen molar-refractivity contribution in [2.24, 2.45) is 0 Å². The summed E-state index contributed by atoms with van der Waals surface area (Å²) >= 11 is 1.86. The highest BCUT2D eigenvalue weighted by Crippen LogP contribution is 2.12. The standard InChI is InChI=1S/C7H14O.C7H14S/c2*1-4-5-6-8-7(2)3/h2*2,4-6H2,1,3H3. The number of ether oxygens (including phenoxy) is 1. The zero-order chi connectivity index (χ0) is 12.8. The number of rotatable bonds is 8. The summed E-state index contributed by atoms with van der Waals surface area (Å²) in [5, 5.41) is 0. The maximum Gasteiger partial charge on any atom is 0.0876 e. The summed E-state index contributed by atoms with van der Waals surface area (Å²) < 4.78 is 5.09. The SMILES string of the molecule is C=C(C)OCCCC.C=C(C)SCCCC. The first-order valence-electron chi connectivity index (χ1n) is 6.11. The topological polar surface area (TPSA) is 9.23 Å².